The first-order valence-electron chi connectivity index (χ1n) is 5.92. The topological polar surface area (TPSA) is 24.1 Å². The van der Waals surface area contributed by atoms with Gasteiger partial charge in [0.1, 0.15) is 0 Å². The lowest BCUT2D eigenvalue weighted by Crippen LogP contribution is -2.37. The highest BCUT2D eigenvalue weighted by Gasteiger charge is 2.06. The number of hydrogen-bond acceptors (Lipinski definition) is 2. The zero-order valence-corrected chi connectivity index (χ0v) is 13.9. The third kappa shape index (κ3) is 6.07. The van der Waals surface area contributed by atoms with Crippen molar-refractivity contribution >= 4 is 45.0 Å². The number of nitrogens with one attached hydrogen (secondary N) is 2. The second-order valence-corrected chi connectivity index (χ2v) is 6.33. The lowest BCUT2D eigenvalue weighted by atomic mass is 10.1. The normalized spacial score (nSPS) is 11.9. The van der Waals surface area contributed by atoms with Crippen LogP contribution in [0.5, 0.6) is 0 Å². The van der Waals surface area contributed by atoms with E-state index in [4.69, 9.17) is 12.2 Å². The van der Waals surface area contributed by atoms with Gasteiger partial charge in [0.25, 0.3) is 0 Å². The second kappa shape index (κ2) is 8.77. The maximum absolute atomic E-state index is 5.27. The maximum atomic E-state index is 5.27. The molecule has 0 saturated carbocycles. The Hall–Kier alpha value is -0.260. The molecule has 0 aliphatic rings. The van der Waals surface area contributed by atoms with Crippen LogP contribution < -0.4 is 10.6 Å². The van der Waals surface area contributed by atoms with Crippen molar-refractivity contribution in [2.45, 2.75) is 19.4 Å². The van der Waals surface area contributed by atoms with E-state index in [2.05, 4.69) is 51.9 Å². The van der Waals surface area contributed by atoms with Crippen LogP contribution in [0.4, 0.5) is 0 Å². The van der Waals surface area contributed by atoms with Crippen LogP contribution in [0, 0.1) is 0 Å². The molecule has 0 bridgehead atoms. The molecule has 1 atom stereocenters. The van der Waals surface area contributed by atoms with E-state index in [-0.39, 0.29) is 6.04 Å². The van der Waals surface area contributed by atoms with Gasteiger partial charge >= 0.3 is 0 Å². The van der Waals surface area contributed by atoms with Crippen molar-refractivity contribution in [3.63, 3.8) is 0 Å². The molecular formula is C13H19BrN2S2. The molecule has 0 heterocycles. The molecule has 0 unspecified atom stereocenters. The van der Waals surface area contributed by atoms with Crippen LogP contribution in [0.2, 0.25) is 0 Å². The van der Waals surface area contributed by atoms with Gasteiger partial charge in [0, 0.05) is 11.0 Å². The fourth-order valence-electron chi connectivity index (χ4n) is 1.50. The van der Waals surface area contributed by atoms with Crippen molar-refractivity contribution in [2.24, 2.45) is 0 Å². The first kappa shape index (κ1) is 15.8. The molecule has 0 spiro atoms. The van der Waals surface area contributed by atoms with Crippen LogP contribution in [0.3, 0.4) is 0 Å². The number of rotatable bonds is 6. The minimum atomic E-state index is 0.221. The Morgan fingerprint density at radius 3 is 2.67 bits per heavy atom. The summed E-state index contributed by atoms with van der Waals surface area (Å²) in [4.78, 5) is 0. The first-order valence-corrected chi connectivity index (χ1v) is 8.51. The minimum Gasteiger partial charge on any atom is -0.363 e. The van der Waals surface area contributed by atoms with Crippen LogP contribution in [0.1, 0.15) is 24.9 Å². The maximum Gasteiger partial charge on any atom is 0.166 e. The van der Waals surface area contributed by atoms with Gasteiger partial charge in [-0.3, -0.25) is 0 Å². The van der Waals surface area contributed by atoms with Crippen LogP contribution in [-0.4, -0.2) is 23.7 Å². The molecule has 5 heteroatoms. The predicted octanol–water partition coefficient (Wildman–Crippen LogP) is 3.73. The van der Waals surface area contributed by atoms with Crippen molar-refractivity contribution in [3.8, 4) is 0 Å². The van der Waals surface area contributed by atoms with E-state index < -0.39 is 0 Å². The minimum absolute atomic E-state index is 0.221. The molecule has 0 aromatic heterocycles. The SMILES string of the molecule is CSCCCNC(=S)N[C@@H](C)c1ccc(Br)cc1. The van der Waals surface area contributed by atoms with Gasteiger partial charge in [0.05, 0.1) is 6.04 Å². The second-order valence-electron chi connectivity index (χ2n) is 4.02. The van der Waals surface area contributed by atoms with E-state index in [0.717, 1.165) is 28.3 Å². The first-order chi connectivity index (χ1) is 8.63. The van der Waals surface area contributed by atoms with Gasteiger partial charge in [0.15, 0.2) is 5.11 Å². The van der Waals surface area contributed by atoms with Crippen molar-refractivity contribution in [2.75, 3.05) is 18.6 Å². The van der Waals surface area contributed by atoms with Crippen molar-refractivity contribution in [1.29, 1.82) is 0 Å². The third-order valence-corrected chi connectivity index (χ3v) is 4.02. The summed E-state index contributed by atoms with van der Waals surface area (Å²) in [5.41, 5.74) is 1.23. The fraction of sp³-hybridized carbons (Fsp3) is 0.462. The number of thiocarbonyl (C=S) groups is 1. The molecular weight excluding hydrogens is 328 g/mol. The monoisotopic (exact) mass is 346 g/mol. The summed E-state index contributed by atoms with van der Waals surface area (Å²) in [6, 6.07) is 8.50. The average Bonchev–Trinajstić information content (AvgIpc) is 2.35. The summed E-state index contributed by atoms with van der Waals surface area (Å²) >= 11 is 10.6. The highest BCUT2D eigenvalue weighted by Crippen LogP contribution is 2.16. The molecule has 1 aromatic carbocycles. The number of thioether (sulfide) groups is 1. The Labute approximate surface area is 127 Å². The predicted molar refractivity (Wildman–Crippen MR) is 89.3 cm³/mol. The van der Waals surface area contributed by atoms with Gasteiger partial charge in [-0.2, -0.15) is 11.8 Å². The molecule has 0 fully saturated rings. The molecule has 0 radical (unpaired) electrons. The molecule has 2 nitrogen and oxygen atoms in total. The smallest absolute Gasteiger partial charge is 0.166 e. The van der Waals surface area contributed by atoms with E-state index in [1.807, 2.05) is 23.9 Å². The van der Waals surface area contributed by atoms with Crippen LogP contribution in [-0.2, 0) is 0 Å². The molecule has 0 aliphatic heterocycles. The van der Waals surface area contributed by atoms with Gasteiger partial charge in [-0.25, -0.2) is 0 Å². The highest BCUT2D eigenvalue weighted by molar-refractivity contribution is 9.10. The molecule has 0 amide bonds. The fourth-order valence-corrected chi connectivity index (χ4v) is 2.48. The molecule has 2 N–H and O–H groups in total. The van der Waals surface area contributed by atoms with Gasteiger partial charge in [0.2, 0.25) is 0 Å². The Bertz CT molecular complexity index is 368. The quantitative estimate of drug-likeness (QED) is 0.605. The molecule has 0 aliphatic carbocycles. The zero-order chi connectivity index (χ0) is 13.4. The van der Waals surface area contributed by atoms with Crippen molar-refractivity contribution < 1.29 is 0 Å². The Morgan fingerprint density at radius 1 is 1.39 bits per heavy atom. The lowest BCUT2D eigenvalue weighted by Gasteiger charge is -2.17. The zero-order valence-electron chi connectivity index (χ0n) is 10.7. The molecule has 1 aromatic rings. The number of hydrogen-bond donors (Lipinski definition) is 2. The summed E-state index contributed by atoms with van der Waals surface area (Å²) in [7, 11) is 0. The average molecular weight is 347 g/mol. The molecule has 100 valence electrons. The van der Waals surface area contributed by atoms with Gasteiger partial charge in [-0.05, 0) is 55.3 Å². The summed E-state index contributed by atoms with van der Waals surface area (Å²) in [6.45, 7) is 3.04. The largest absolute Gasteiger partial charge is 0.363 e. The Kier molecular flexibility index (Phi) is 7.70. The molecule has 0 saturated heterocycles. The van der Waals surface area contributed by atoms with Gasteiger partial charge in [-0.1, -0.05) is 28.1 Å². The Morgan fingerprint density at radius 2 is 2.06 bits per heavy atom. The van der Waals surface area contributed by atoms with Crippen LogP contribution >= 0.6 is 39.9 Å². The van der Waals surface area contributed by atoms with Crippen molar-refractivity contribution in [1.82, 2.24) is 10.6 Å². The van der Waals surface area contributed by atoms with E-state index in [0.29, 0.717) is 0 Å². The summed E-state index contributed by atoms with van der Waals surface area (Å²) in [5.74, 6) is 1.16. The van der Waals surface area contributed by atoms with Crippen LogP contribution in [0.25, 0.3) is 0 Å². The summed E-state index contributed by atoms with van der Waals surface area (Å²) < 4.78 is 1.09. The van der Waals surface area contributed by atoms with E-state index in [9.17, 15) is 0 Å². The highest BCUT2D eigenvalue weighted by atomic mass is 79.9. The van der Waals surface area contributed by atoms with E-state index >= 15 is 0 Å². The lowest BCUT2D eigenvalue weighted by molar-refractivity contribution is 0.695. The van der Waals surface area contributed by atoms with Gasteiger partial charge < -0.3 is 10.6 Å². The molecule has 18 heavy (non-hydrogen) atoms. The van der Waals surface area contributed by atoms with Crippen LogP contribution in [0.15, 0.2) is 28.7 Å². The summed E-state index contributed by atoms with van der Waals surface area (Å²) in [6.07, 6.45) is 3.25. The standard InChI is InChI=1S/C13H19BrN2S2/c1-10(11-4-6-12(14)7-5-11)16-13(17)15-8-3-9-18-2/h4-7,10H,3,8-9H2,1-2H3,(H2,15,16,17)/t10-/m0/s1. The van der Waals surface area contributed by atoms with E-state index in [1.54, 1.807) is 0 Å². The molecule has 1 rings (SSSR count). The third-order valence-electron chi connectivity index (χ3n) is 2.53. The Balaban J connectivity index is 2.33. The summed E-state index contributed by atoms with van der Waals surface area (Å²) in [5, 5.41) is 7.25. The van der Waals surface area contributed by atoms with Gasteiger partial charge in [-0.15, -0.1) is 0 Å². The van der Waals surface area contributed by atoms with Crippen molar-refractivity contribution in [3.05, 3.63) is 34.3 Å². The number of benzene rings is 1. The van der Waals surface area contributed by atoms with E-state index in [1.165, 1.54) is 5.56 Å². The number of halogens is 1.